The van der Waals surface area contributed by atoms with Gasteiger partial charge in [-0.2, -0.15) is 4.99 Å². The minimum absolute atomic E-state index is 0.280. The van der Waals surface area contributed by atoms with Gasteiger partial charge >= 0.3 is 0 Å². The molecular formula is C13H15NO2. The summed E-state index contributed by atoms with van der Waals surface area (Å²) in [6.07, 6.45) is 4.48. The zero-order valence-corrected chi connectivity index (χ0v) is 9.62. The normalized spacial score (nSPS) is 16.4. The van der Waals surface area contributed by atoms with Crippen molar-refractivity contribution < 1.29 is 9.53 Å². The molecule has 1 aliphatic carbocycles. The van der Waals surface area contributed by atoms with Gasteiger partial charge in [-0.05, 0) is 42.5 Å². The summed E-state index contributed by atoms with van der Waals surface area (Å²) >= 11 is 0. The molecule has 0 aliphatic heterocycles. The second-order valence-electron chi connectivity index (χ2n) is 4.11. The fourth-order valence-electron chi connectivity index (χ4n) is 2.02. The number of isocyanates is 1. The summed E-state index contributed by atoms with van der Waals surface area (Å²) in [7, 11) is 1.67. The zero-order valence-electron chi connectivity index (χ0n) is 9.62. The summed E-state index contributed by atoms with van der Waals surface area (Å²) in [4.78, 5) is 14.3. The van der Waals surface area contributed by atoms with Gasteiger partial charge in [0, 0.05) is 0 Å². The number of hydrogen-bond acceptors (Lipinski definition) is 3. The van der Waals surface area contributed by atoms with Crippen molar-refractivity contribution in [1.82, 2.24) is 0 Å². The van der Waals surface area contributed by atoms with E-state index < -0.39 is 0 Å². The molecule has 0 radical (unpaired) electrons. The van der Waals surface area contributed by atoms with Crippen LogP contribution >= 0.6 is 0 Å². The average Bonchev–Trinajstić information content (AvgIpc) is 3.09. The van der Waals surface area contributed by atoms with Crippen LogP contribution < -0.4 is 4.74 Å². The fraction of sp³-hybridized carbons (Fsp3) is 0.462. The Morgan fingerprint density at radius 3 is 2.75 bits per heavy atom. The van der Waals surface area contributed by atoms with E-state index in [1.165, 1.54) is 0 Å². The van der Waals surface area contributed by atoms with E-state index in [-0.39, 0.29) is 5.54 Å². The van der Waals surface area contributed by atoms with Crippen molar-refractivity contribution in [2.45, 2.75) is 31.7 Å². The van der Waals surface area contributed by atoms with Gasteiger partial charge in [0.1, 0.15) is 5.75 Å². The second-order valence-corrected chi connectivity index (χ2v) is 4.11. The molecular weight excluding hydrogens is 202 g/mol. The summed E-state index contributed by atoms with van der Waals surface area (Å²) in [6.45, 7) is 2.09. The molecule has 3 heteroatoms. The lowest BCUT2D eigenvalue weighted by molar-refractivity contribution is 0.409. The first-order valence-electron chi connectivity index (χ1n) is 5.52. The Morgan fingerprint density at radius 1 is 1.50 bits per heavy atom. The summed E-state index contributed by atoms with van der Waals surface area (Å²) in [5, 5.41) is 0. The van der Waals surface area contributed by atoms with E-state index in [9.17, 15) is 4.79 Å². The number of ether oxygens (including phenoxy) is 1. The molecule has 0 saturated heterocycles. The first-order valence-corrected chi connectivity index (χ1v) is 5.52. The molecule has 1 fully saturated rings. The van der Waals surface area contributed by atoms with Gasteiger partial charge in [0.2, 0.25) is 6.08 Å². The van der Waals surface area contributed by atoms with E-state index in [0.29, 0.717) is 0 Å². The lowest BCUT2D eigenvalue weighted by Crippen LogP contribution is -2.03. The van der Waals surface area contributed by atoms with Gasteiger partial charge < -0.3 is 4.74 Å². The Bertz CT molecular complexity index is 443. The molecule has 0 N–H and O–H groups in total. The summed E-state index contributed by atoms with van der Waals surface area (Å²) in [5.41, 5.74) is 1.98. The molecule has 0 atom stereocenters. The maximum atomic E-state index is 10.4. The molecule has 0 spiro atoms. The van der Waals surface area contributed by atoms with E-state index in [0.717, 1.165) is 36.1 Å². The number of aliphatic imine (C=N–C) groups is 1. The SMILES string of the molecule is CCc1cc(C2(N=C=O)CC2)ccc1OC. The summed E-state index contributed by atoms with van der Waals surface area (Å²) in [5.74, 6) is 0.900. The highest BCUT2D eigenvalue weighted by Crippen LogP contribution is 2.49. The largest absolute Gasteiger partial charge is 0.496 e. The molecule has 0 amide bonds. The second kappa shape index (κ2) is 4.11. The van der Waals surface area contributed by atoms with Crippen molar-refractivity contribution in [3.8, 4) is 5.75 Å². The number of hydrogen-bond donors (Lipinski definition) is 0. The Kier molecular flexibility index (Phi) is 2.80. The highest BCUT2D eigenvalue weighted by atomic mass is 16.5. The van der Waals surface area contributed by atoms with Crippen LogP contribution in [-0.4, -0.2) is 13.2 Å². The van der Waals surface area contributed by atoms with Crippen molar-refractivity contribution in [3.05, 3.63) is 29.3 Å². The third-order valence-electron chi connectivity index (χ3n) is 3.18. The maximum Gasteiger partial charge on any atom is 0.235 e. The number of methoxy groups -OCH3 is 1. The third-order valence-corrected chi connectivity index (χ3v) is 3.18. The molecule has 0 aromatic heterocycles. The highest BCUT2D eigenvalue weighted by Gasteiger charge is 2.44. The molecule has 1 saturated carbocycles. The Balaban J connectivity index is 2.40. The van der Waals surface area contributed by atoms with E-state index in [2.05, 4.69) is 18.0 Å². The fourth-order valence-corrected chi connectivity index (χ4v) is 2.02. The van der Waals surface area contributed by atoms with E-state index in [1.54, 1.807) is 13.2 Å². The van der Waals surface area contributed by atoms with Gasteiger partial charge in [-0.3, -0.25) is 0 Å². The van der Waals surface area contributed by atoms with Crippen LogP contribution in [0.3, 0.4) is 0 Å². The maximum absolute atomic E-state index is 10.4. The number of nitrogens with zero attached hydrogens (tertiary/aromatic N) is 1. The number of aryl methyl sites for hydroxylation is 1. The predicted molar refractivity (Wildman–Crippen MR) is 61.4 cm³/mol. The molecule has 16 heavy (non-hydrogen) atoms. The minimum Gasteiger partial charge on any atom is -0.496 e. The molecule has 84 valence electrons. The van der Waals surface area contributed by atoms with Crippen molar-refractivity contribution in [3.63, 3.8) is 0 Å². The van der Waals surface area contributed by atoms with Crippen LogP contribution in [0.15, 0.2) is 23.2 Å². The third kappa shape index (κ3) is 1.74. The molecule has 3 nitrogen and oxygen atoms in total. The highest BCUT2D eigenvalue weighted by molar-refractivity contribution is 5.45. The molecule has 1 aromatic carbocycles. The van der Waals surface area contributed by atoms with E-state index in [4.69, 9.17) is 4.74 Å². The van der Waals surface area contributed by atoms with Crippen LogP contribution in [-0.2, 0) is 16.8 Å². The quantitative estimate of drug-likeness (QED) is 0.574. The molecule has 1 aliphatic rings. The van der Waals surface area contributed by atoms with Crippen LogP contribution in [0.5, 0.6) is 5.75 Å². The van der Waals surface area contributed by atoms with Crippen LogP contribution in [0.1, 0.15) is 30.9 Å². The molecule has 0 heterocycles. The average molecular weight is 217 g/mol. The van der Waals surface area contributed by atoms with Gasteiger partial charge in [-0.15, -0.1) is 0 Å². The van der Waals surface area contributed by atoms with Crippen molar-refractivity contribution in [2.75, 3.05) is 7.11 Å². The van der Waals surface area contributed by atoms with Crippen LogP contribution in [0.4, 0.5) is 0 Å². The minimum atomic E-state index is -0.280. The number of carbonyl (C=O) groups excluding carboxylic acids is 1. The number of rotatable bonds is 4. The Hall–Kier alpha value is -1.60. The smallest absolute Gasteiger partial charge is 0.235 e. The predicted octanol–water partition coefficient (Wildman–Crippen LogP) is 2.58. The van der Waals surface area contributed by atoms with Gasteiger partial charge in [0.15, 0.2) is 0 Å². The first kappa shape index (κ1) is 10.9. The van der Waals surface area contributed by atoms with Crippen LogP contribution in [0, 0.1) is 0 Å². The Morgan fingerprint density at radius 2 is 2.25 bits per heavy atom. The van der Waals surface area contributed by atoms with Gasteiger partial charge in [0.25, 0.3) is 0 Å². The summed E-state index contributed by atoms with van der Waals surface area (Å²) in [6, 6.07) is 6.03. The van der Waals surface area contributed by atoms with E-state index >= 15 is 0 Å². The number of benzene rings is 1. The van der Waals surface area contributed by atoms with Crippen molar-refractivity contribution in [1.29, 1.82) is 0 Å². The lowest BCUT2D eigenvalue weighted by Gasteiger charge is -2.12. The standard InChI is InChI=1S/C13H15NO2/c1-3-10-8-11(4-5-12(10)16-2)13(6-7-13)14-9-15/h4-5,8H,3,6-7H2,1-2H3. The van der Waals surface area contributed by atoms with Crippen LogP contribution in [0.2, 0.25) is 0 Å². The molecule has 0 unspecified atom stereocenters. The van der Waals surface area contributed by atoms with Crippen LogP contribution in [0.25, 0.3) is 0 Å². The van der Waals surface area contributed by atoms with Gasteiger partial charge in [-0.25, -0.2) is 4.79 Å². The summed E-state index contributed by atoms with van der Waals surface area (Å²) < 4.78 is 5.28. The van der Waals surface area contributed by atoms with Gasteiger partial charge in [-0.1, -0.05) is 13.0 Å². The first-order chi connectivity index (χ1) is 7.75. The molecule has 0 bridgehead atoms. The Labute approximate surface area is 95.2 Å². The topological polar surface area (TPSA) is 38.7 Å². The monoisotopic (exact) mass is 217 g/mol. The molecule has 1 aromatic rings. The van der Waals surface area contributed by atoms with E-state index in [1.807, 2.05) is 12.1 Å². The molecule has 2 rings (SSSR count). The van der Waals surface area contributed by atoms with Crippen molar-refractivity contribution >= 4 is 6.08 Å². The van der Waals surface area contributed by atoms with Gasteiger partial charge in [0.05, 0.1) is 12.6 Å². The zero-order chi connectivity index (χ0) is 11.6. The lowest BCUT2D eigenvalue weighted by atomic mass is 10.0. The van der Waals surface area contributed by atoms with Crippen molar-refractivity contribution in [2.24, 2.45) is 4.99 Å².